The summed E-state index contributed by atoms with van der Waals surface area (Å²) in [6.07, 6.45) is -4.69. The zero-order chi connectivity index (χ0) is 20.6. The maximum atomic E-state index is 14.4. The first kappa shape index (κ1) is 20.6. The molecule has 0 radical (unpaired) electrons. The summed E-state index contributed by atoms with van der Waals surface area (Å²) in [6.45, 7) is -1.19. The van der Waals surface area contributed by atoms with Gasteiger partial charge in [0, 0.05) is 12.6 Å². The Morgan fingerprint density at radius 3 is 2.54 bits per heavy atom. The minimum absolute atomic E-state index is 0.111. The van der Waals surface area contributed by atoms with Crippen molar-refractivity contribution in [1.29, 1.82) is 0 Å². The lowest BCUT2D eigenvalue weighted by Gasteiger charge is -2.08. The van der Waals surface area contributed by atoms with E-state index in [1.807, 2.05) is 0 Å². The fourth-order valence-electron chi connectivity index (χ4n) is 2.11. The van der Waals surface area contributed by atoms with E-state index in [1.54, 1.807) is 0 Å². The second-order valence-corrected chi connectivity index (χ2v) is 6.81. The molecule has 1 aromatic carbocycles. The third kappa shape index (κ3) is 3.98. The van der Waals surface area contributed by atoms with Crippen molar-refractivity contribution in [2.75, 3.05) is 6.86 Å². The molecule has 0 atom stereocenters. The van der Waals surface area contributed by atoms with Crippen molar-refractivity contribution < 1.29 is 31.4 Å². The fraction of sp³-hybridized carbons (Fsp3) is 0.214. The molecule has 0 spiro atoms. The van der Waals surface area contributed by atoms with Crippen molar-refractivity contribution in [2.24, 2.45) is 7.05 Å². The van der Waals surface area contributed by atoms with Gasteiger partial charge in [-0.15, -0.1) is 5.10 Å². The van der Waals surface area contributed by atoms with Gasteiger partial charge in [0.05, 0.1) is 5.02 Å². The number of rotatable bonds is 5. The lowest BCUT2D eigenvalue weighted by molar-refractivity contribution is -0.138. The van der Waals surface area contributed by atoms with Crippen molar-refractivity contribution in [3.05, 3.63) is 33.0 Å². The molecule has 28 heavy (non-hydrogen) atoms. The summed E-state index contributed by atoms with van der Waals surface area (Å²) >= 11 is 12.1. The molecule has 6 nitrogen and oxygen atoms in total. The van der Waals surface area contributed by atoms with E-state index in [-0.39, 0.29) is 44.3 Å². The van der Waals surface area contributed by atoms with Crippen LogP contribution in [0.4, 0.5) is 22.0 Å². The highest BCUT2D eigenvalue weighted by molar-refractivity contribution is 7.13. The van der Waals surface area contributed by atoms with Crippen molar-refractivity contribution >= 4 is 34.5 Å². The van der Waals surface area contributed by atoms with E-state index in [0.717, 1.165) is 16.8 Å². The summed E-state index contributed by atoms with van der Waals surface area (Å²) in [4.78, 5) is 0. The maximum absolute atomic E-state index is 14.4. The number of aromatic nitrogens is 4. The first-order valence-electron chi connectivity index (χ1n) is 7.11. The fourth-order valence-corrected chi connectivity index (χ4v) is 3.19. The van der Waals surface area contributed by atoms with Crippen LogP contribution < -0.4 is 9.47 Å². The number of alkyl halides is 4. The molecule has 3 rings (SSSR count). The summed E-state index contributed by atoms with van der Waals surface area (Å²) in [6, 6.07) is 1.93. The number of hydrogen-bond donors (Lipinski definition) is 0. The topological polar surface area (TPSA) is 62.1 Å². The lowest BCUT2D eigenvalue weighted by atomic mass is 10.1. The second kappa shape index (κ2) is 7.68. The smallest absolute Gasteiger partial charge is 0.445 e. The maximum Gasteiger partial charge on any atom is 0.445 e. The third-order valence-corrected chi connectivity index (χ3v) is 4.74. The van der Waals surface area contributed by atoms with E-state index in [1.165, 1.54) is 7.05 Å². The molecule has 0 aliphatic heterocycles. The zero-order valence-electron chi connectivity index (χ0n) is 13.5. The summed E-state index contributed by atoms with van der Waals surface area (Å²) in [5.41, 5.74) is -0.311. The monoisotopic (exact) mass is 460 g/mol. The summed E-state index contributed by atoms with van der Waals surface area (Å²) in [5.74, 6) is -1.20. The summed E-state index contributed by atoms with van der Waals surface area (Å²) in [7, 11) is 1.39. The molecule has 0 saturated carbocycles. The lowest BCUT2D eigenvalue weighted by Crippen LogP contribution is -2.03. The van der Waals surface area contributed by atoms with E-state index in [9.17, 15) is 22.0 Å². The Morgan fingerprint density at radius 2 is 1.93 bits per heavy atom. The van der Waals surface area contributed by atoms with Crippen LogP contribution in [0.5, 0.6) is 16.8 Å². The van der Waals surface area contributed by atoms with E-state index in [4.69, 9.17) is 32.7 Å². The van der Waals surface area contributed by atoms with Crippen LogP contribution in [0.3, 0.4) is 0 Å². The van der Waals surface area contributed by atoms with E-state index in [0.29, 0.717) is 0 Å². The highest BCUT2D eigenvalue weighted by Gasteiger charge is 2.36. The highest BCUT2D eigenvalue weighted by atomic mass is 35.5. The van der Waals surface area contributed by atoms with Crippen LogP contribution in [0, 0.1) is 5.82 Å². The SMILES string of the molecule is Cn1nc(-c2cc(Oc3nnc(C(F)(F)F)s3)c(Cl)cc2F)c(Cl)c1OCF. The Morgan fingerprint density at radius 1 is 1.21 bits per heavy atom. The van der Waals surface area contributed by atoms with Crippen LogP contribution >= 0.6 is 34.5 Å². The molecular weight excluding hydrogens is 454 g/mol. The molecule has 0 N–H and O–H groups in total. The summed E-state index contributed by atoms with van der Waals surface area (Å²) in [5, 5.41) is 8.10. The molecule has 2 heterocycles. The van der Waals surface area contributed by atoms with Gasteiger partial charge in [-0.3, -0.25) is 0 Å². The minimum atomic E-state index is -4.69. The Hall–Kier alpha value is -2.18. The zero-order valence-corrected chi connectivity index (χ0v) is 15.8. The van der Waals surface area contributed by atoms with E-state index >= 15 is 0 Å². The molecule has 150 valence electrons. The third-order valence-electron chi connectivity index (χ3n) is 3.25. The number of halogens is 7. The van der Waals surface area contributed by atoms with Gasteiger partial charge in [0.15, 0.2) is 0 Å². The molecule has 14 heteroatoms. The standard InChI is InChI=1S/C14H7Cl2F5N4O2S/c1-25-11(26-4-17)9(16)10(24-25)5-2-8(6(15)3-7(5)18)27-13-23-22-12(28-13)14(19,20)21/h2-3H,4H2,1H3. The van der Waals surface area contributed by atoms with Crippen molar-refractivity contribution in [3.63, 3.8) is 0 Å². The molecule has 0 amide bonds. The van der Waals surface area contributed by atoms with Crippen LogP contribution in [0.15, 0.2) is 12.1 Å². The van der Waals surface area contributed by atoms with Crippen LogP contribution in [0.25, 0.3) is 11.3 Å². The van der Waals surface area contributed by atoms with Gasteiger partial charge in [0.25, 0.3) is 5.19 Å². The number of nitrogens with zero attached hydrogens (tertiary/aromatic N) is 4. The van der Waals surface area contributed by atoms with Crippen molar-refractivity contribution in [2.45, 2.75) is 6.18 Å². The van der Waals surface area contributed by atoms with Crippen LogP contribution in [-0.4, -0.2) is 26.8 Å². The molecule has 0 aliphatic carbocycles. The van der Waals surface area contributed by atoms with Gasteiger partial charge >= 0.3 is 6.18 Å². The Kier molecular flexibility index (Phi) is 5.64. The van der Waals surface area contributed by atoms with Crippen molar-refractivity contribution in [1.82, 2.24) is 20.0 Å². The van der Waals surface area contributed by atoms with E-state index in [2.05, 4.69) is 15.3 Å². The van der Waals surface area contributed by atoms with E-state index < -0.39 is 29.1 Å². The molecule has 0 aliphatic rings. The largest absolute Gasteiger partial charge is 0.445 e. The quantitative estimate of drug-likeness (QED) is 0.470. The molecule has 2 aromatic heterocycles. The summed E-state index contributed by atoms with van der Waals surface area (Å²) < 4.78 is 75.7. The first-order chi connectivity index (χ1) is 13.1. The van der Waals surface area contributed by atoms with Crippen LogP contribution in [0.1, 0.15) is 5.01 Å². The van der Waals surface area contributed by atoms with Gasteiger partial charge in [-0.1, -0.05) is 39.6 Å². The van der Waals surface area contributed by atoms with Crippen LogP contribution in [0.2, 0.25) is 10.0 Å². The molecule has 0 unspecified atom stereocenters. The molecular formula is C14H7Cl2F5N4O2S. The van der Waals surface area contributed by atoms with Gasteiger partial charge < -0.3 is 9.47 Å². The van der Waals surface area contributed by atoms with Gasteiger partial charge in [0.1, 0.15) is 22.3 Å². The first-order valence-corrected chi connectivity index (χ1v) is 8.68. The second-order valence-electron chi connectivity index (χ2n) is 5.08. The molecule has 0 saturated heterocycles. The van der Waals surface area contributed by atoms with Crippen molar-refractivity contribution in [3.8, 4) is 28.1 Å². The normalized spacial score (nSPS) is 11.7. The number of hydrogen-bond acceptors (Lipinski definition) is 6. The average Bonchev–Trinajstić information content (AvgIpc) is 3.18. The molecule has 0 bridgehead atoms. The number of aryl methyl sites for hydroxylation is 1. The Labute approximate surface area is 167 Å². The number of benzene rings is 1. The van der Waals surface area contributed by atoms with Gasteiger partial charge in [0.2, 0.25) is 17.7 Å². The van der Waals surface area contributed by atoms with Gasteiger partial charge in [-0.2, -0.15) is 18.3 Å². The molecule has 0 fully saturated rings. The number of ether oxygens (including phenoxy) is 2. The average molecular weight is 461 g/mol. The highest BCUT2D eigenvalue weighted by Crippen LogP contribution is 2.41. The van der Waals surface area contributed by atoms with Gasteiger partial charge in [-0.25, -0.2) is 13.5 Å². The predicted octanol–water partition coefficient (Wildman–Crippen LogP) is 5.50. The van der Waals surface area contributed by atoms with Gasteiger partial charge in [-0.05, 0) is 12.1 Å². The Bertz CT molecular complexity index is 1020. The Balaban J connectivity index is 2.00. The molecule has 3 aromatic rings. The van der Waals surface area contributed by atoms with Crippen LogP contribution in [-0.2, 0) is 13.2 Å². The predicted molar refractivity (Wildman–Crippen MR) is 90.2 cm³/mol. The minimum Gasteiger partial charge on any atom is -0.445 e.